The van der Waals surface area contributed by atoms with Crippen molar-refractivity contribution in [3.05, 3.63) is 23.5 Å². The number of carbonyl (C=O) groups is 8. The number of carbonyl (C=O) groups excluding carboxylic acids is 8. The summed E-state index contributed by atoms with van der Waals surface area (Å²) in [7, 11) is 8.96. The van der Waals surface area contributed by atoms with E-state index in [9.17, 15) is 43.5 Å². The van der Waals surface area contributed by atoms with Crippen molar-refractivity contribution < 1.29 is 62.4 Å². The molecular formula is C58H98N6O13. The van der Waals surface area contributed by atoms with Gasteiger partial charge in [-0.3, -0.25) is 33.6 Å². The van der Waals surface area contributed by atoms with Crippen molar-refractivity contribution in [2.45, 2.75) is 202 Å². The molecule has 0 aromatic rings. The van der Waals surface area contributed by atoms with Gasteiger partial charge in [0.15, 0.2) is 0 Å². The summed E-state index contributed by atoms with van der Waals surface area (Å²) in [4.78, 5) is 124. The smallest absolute Gasteiger partial charge is 0.329 e. The summed E-state index contributed by atoms with van der Waals surface area (Å²) in [5.74, 6) is -5.83. The Labute approximate surface area is 460 Å². The second kappa shape index (κ2) is 30.4. The highest BCUT2D eigenvalue weighted by Crippen LogP contribution is 2.30. The fourth-order valence-electron chi connectivity index (χ4n) is 10.9. The monoisotopic (exact) mass is 1090 g/mol. The summed E-state index contributed by atoms with van der Waals surface area (Å²) in [5.41, 5.74) is 0.644. The maximum Gasteiger partial charge on any atom is 0.329 e. The molecule has 0 aromatic carbocycles. The average molecular weight is 1090 g/mol. The van der Waals surface area contributed by atoms with Crippen LogP contribution >= 0.6 is 0 Å². The topological polar surface area (TPSA) is 213 Å². The van der Waals surface area contributed by atoms with Gasteiger partial charge in [0, 0.05) is 54.5 Å². The quantitative estimate of drug-likeness (QED) is 0.283. The Morgan fingerprint density at radius 2 is 1.16 bits per heavy atom. The van der Waals surface area contributed by atoms with Gasteiger partial charge in [-0.05, 0) is 107 Å². The predicted molar refractivity (Wildman–Crippen MR) is 293 cm³/mol. The van der Waals surface area contributed by atoms with Crippen LogP contribution in [0.2, 0.25) is 0 Å². The fourth-order valence-corrected chi connectivity index (χ4v) is 10.9. The second-order valence-corrected chi connectivity index (χ2v) is 23.2. The number of hydrogen-bond donors (Lipinski definition) is 1. The Morgan fingerprint density at radius 1 is 0.623 bits per heavy atom. The molecule has 12 unspecified atom stereocenters. The molecule has 0 bridgehead atoms. The number of allylic oxidation sites excluding steroid dienone is 2. The molecule has 2 saturated heterocycles. The highest BCUT2D eigenvalue weighted by atomic mass is 16.6. The summed E-state index contributed by atoms with van der Waals surface area (Å²) in [5, 5.41) is 11.1. The van der Waals surface area contributed by atoms with Crippen molar-refractivity contribution in [3.63, 3.8) is 0 Å². The van der Waals surface area contributed by atoms with Crippen molar-refractivity contribution in [2.24, 2.45) is 35.5 Å². The van der Waals surface area contributed by atoms with Crippen LogP contribution in [0.25, 0.3) is 0 Å². The number of nitrogens with zero attached hydrogens (tertiary/aromatic N) is 6. The van der Waals surface area contributed by atoms with Gasteiger partial charge in [0.2, 0.25) is 29.5 Å². The third kappa shape index (κ3) is 16.7. The first-order chi connectivity index (χ1) is 36.1. The normalized spacial score (nSPS) is 30.4. The Hall–Kier alpha value is -5.04. The molecule has 2 fully saturated rings. The van der Waals surface area contributed by atoms with Crippen LogP contribution in [0.5, 0.6) is 0 Å². The zero-order chi connectivity index (χ0) is 58.3. The molecule has 12 atom stereocenters. The zero-order valence-electron chi connectivity index (χ0n) is 50.0. The number of rotatable bonds is 8. The molecule has 3 rings (SSSR count). The number of hydrogen-bond acceptors (Lipinski definition) is 13. The number of aliphatic hydroxyl groups excluding tert-OH is 1. The highest BCUT2D eigenvalue weighted by molar-refractivity contribution is 5.98. The molecule has 0 aromatic heterocycles. The van der Waals surface area contributed by atoms with Crippen molar-refractivity contribution in [1.82, 2.24) is 29.4 Å². The van der Waals surface area contributed by atoms with Crippen molar-refractivity contribution in [3.8, 4) is 0 Å². The van der Waals surface area contributed by atoms with E-state index in [0.717, 1.165) is 0 Å². The van der Waals surface area contributed by atoms with Gasteiger partial charge in [0.1, 0.15) is 54.2 Å². The van der Waals surface area contributed by atoms with Gasteiger partial charge >= 0.3 is 11.9 Å². The fraction of sp³-hybridized carbons (Fsp3) is 0.793. The van der Waals surface area contributed by atoms with Gasteiger partial charge in [0.05, 0.1) is 25.7 Å². The molecular weight excluding hydrogens is 989 g/mol. The van der Waals surface area contributed by atoms with Crippen LogP contribution in [0.1, 0.15) is 147 Å². The van der Waals surface area contributed by atoms with Crippen LogP contribution in [-0.2, 0) is 57.3 Å². The largest absolute Gasteiger partial charge is 0.496 e. The first-order valence-corrected chi connectivity index (χ1v) is 28.3. The first kappa shape index (κ1) is 66.2. The molecule has 6 amide bonds. The highest BCUT2D eigenvalue weighted by Gasteiger charge is 2.47. The Bertz CT molecular complexity index is 2090. The molecule has 0 radical (unpaired) electrons. The van der Waals surface area contributed by atoms with E-state index in [1.165, 1.54) is 63.8 Å². The van der Waals surface area contributed by atoms with Crippen molar-refractivity contribution >= 4 is 47.4 Å². The van der Waals surface area contributed by atoms with E-state index in [1.807, 2.05) is 54.5 Å². The minimum Gasteiger partial charge on any atom is -0.496 e. The number of esters is 2. The average Bonchev–Trinajstić information content (AvgIpc) is 4.09. The molecule has 3 aliphatic heterocycles. The van der Waals surface area contributed by atoms with Crippen LogP contribution in [0, 0.1) is 35.5 Å². The number of aliphatic hydroxyl groups is 1. The van der Waals surface area contributed by atoms with Crippen LogP contribution in [0.15, 0.2) is 23.5 Å². The SMILES string of the molecule is CCC(C)C1C(=O)N(C)C(C(C)C)C(=O)N(C)C(COC)C(=O)N2CCCC2C(=O)N(C)C(C(C)C)C(=O)N2CCCC2C(=O)OC(C(C)C)CCCCC(O)C(C)C(=O)OC(C)C(C)CC=C(C)C(OC)=CC(=O)N1C. The van der Waals surface area contributed by atoms with Crippen molar-refractivity contribution in [1.29, 1.82) is 0 Å². The first-order valence-electron chi connectivity index (χ1n) is 28.3. The number of amides is 6. The Morgan fingerprint density at radius 3 is 1.70 bits per heavy atom. The molecule has 3 aliphatic rings. The predicted octanol–water partition coefficient (Wildman–Crippen LogP) is 5.85. The summed E-state index contributed by atoms with van der Waals surface area (Å²) < 4.78 is 23.3. The second-order valence-electron chi connectivity index (χ2n) is 23.2. The van der Waals surface area contributed by atoms with Gasteiger partial charge in [0.25, 0.3) is 5.91 Å². The van der Waals surface area contributed by atoms with Gasteiger partial charge in [-0.1, -0.05) is 81.2 Å². The van der Waals surface area contributed by atoms with E-state index in [0.29, 0.717) is 76.3 Å². The summed E-state index contributed by atoms with van der Waals surface area (Å²) in [6.07, 6.45) is 6.01. The lowest BCUT2D eigenvalue weighted by atomic mass is 9.93. The lowest BCUT2D eigenvalue weighted by Crippen LogP contribution is -2.62. The Kier molecular flexibility index (Phi) is 26.1. The molecule has 438 valence electrons. The molecule has 19 nitrogen and oxygen atoms in total. The maximum absolute atomic E-state index is 14.9. The molecule has 77 heavy (non-hydrogen) atoms. The minimum atomic E-state index is -1.19. The summed E-state index contributed by atoms with van der Waals surface area (Å²) in [6.45, 7) is 22.4. The minimum absolute atomic E-state index is 0.0485. The summed E-state index contributed by atoms with van der Waals surface area (Å²) in [6, 6.07) is -6.07. The maximum atomic E-state index is 14.9. The third-order valence-electron chi connectivity index (χ3n) is 16.5. The van der Waals surface area contributed by atoms with E-state index in [4.69, 9.17) is 18.9 Å². The lowest BCUT2D eigenvalue weighted by Gasteiger charge is -2.41. The van der Waals surface area contributed by atoms with E-state index >= 15 is 0 Å². The van der Waals surface area contributed by atoms with E-state index < -0.39 is 114 Å². The molecule has 0 saturated carbocycles. The van der Waals surface area contributed by atoms with E-state index in [2.05, 4.69) is 0 Å². The van der Waals surface area contributed by atoms with Gasteiger partial charge in [-0.15, -0.1) is 0 Å². The summed E-state index contributed by atoms with van der Waals surface area (Å²) >= 11 is 0. The Balaban J connectivity index is 2.10. The van der Waals surface area contributed by atoms with Crippen LogP contribution in [0.3, 0.4) is 0 Å². The van der Waals surface area contributed by atoms with Gasteiger partial charge < -0.3 is 53.5 Å². The number of likely N-dealkylation sites (N-methyl/N-ethyl adjacent to an activating group) is 4. The molecule has 0 spiro atoms. The van der Waals surface area contributed by atoms with Gasteiger partial charge in [-0.2, -0.15) is 0 Å². The van der Waals surface area contributed by atoms with Crippen LogP contribution in [-0.4, -0.2) is 199 Å². The molecule has 1 N–H and O–H groups in total. The van der Waals surface area contributed by atoms with Crippen LogP contribution in [0.4, 0.5) is 0 Å². The lowest BCUT2D eigenvalue weighted by molar-refractivity contribution is -0.163. The van der Waals surface area contributed by atoms with E-state index in [-0.39, 0.29) is 42.6 Å². The molecule has 0 aliphatic carbocycles. The number of methoxy groups -OCH3 is 2. The van der Waals surface area contributed by atoms with Crippen LogP contribution < -0.4 is 0 Å². The number of ether oxygens (including phenoxy) is 4. The van der Waals surface area contributed by atoms with Gasteiger partial charge in [-0.25, -0.2) is 4.79 Å². The van der Waals surface area contributed by atoms with E-state index in [1.54, 1.807) is 48.7 Å². The van der Waals surface area contributed by atoms with Crippen molar-refractivity contribution in [2.75, 3.05) is 62.1 Å². The molecule has 3 heterocycles. The zero-order valence-corrected chi connectivity index (χ0v) is 50.0. The number of cyclic esters (lactones) is 2. The number of fused-ring (bicyclic) bond motifs is 2. The third-order valence-corrected chi connectivity index (χ3v) is 16.5. The molecule has 19 heteroatoms. The standard InChI is InChI=1S/C58H98N6O13/c1-19-37(8)51-55(70)62(16)49(35(4)5)54(69)59(13)44(33-74-17)53(68)63-30-22-24-42(63)52(67)61(15)50(36(6)7)56(71)64-31-23-25-43(64)58(73)77-46(34(2)3)27-21-20-26-45(65)40(11)57(72)76-41(12)38(9)28-29-39(10)47(75-18)32-48(66)60(51)14/h29,32,34-38,40-46,49-51,65H,19-28,30-31,33H2,1-18H3.